The Bertz CT molecular complexity index is 1050. The van der Waals surface area contributed by atoms with E-state index in [0.717, 1.165) is 27.0 Å². The second-order valence-electron chi connectivity index (χ2n) is 7.71. The van der Waals surface area contributed by atoms with E-state index in [9.17, 15) is 22.4 Å². The van der Waals surface area contributed by atoms with Crippen molar-refractivity contribution < 1.29 is 22.4 Å². The molecular weight excluding hydrogens is 560 g/mol. The topological polar surface area (TPSA) is 86.8 Å². The van der Waals surface area contributed by atoms with Crippen molar-refractivity contribution in [3.63, 3.8) is 0 Å². The van der Waals surface area contributed by atoms with Gasteiger partial charge in [-0.25, -0.2) is 12.8 Å². The lowest BCUT2D eigenvalue weighted by atomic mass is 10.1. The zero-order chi connectivity index (χ0) is 24.6. The van der Waals surface area contributed by atoms with Crippen LogP contribution in [0.4, 0.5) is 10.1 Å². The zero-order valence-corrected chi connectivity index (χ0v) is 21.9. The van der Waals surface area contributed by atoms with Gasteiger partial charge in [0.2, 0.25) is 21.8 Å². The van der Waals surface area contributed by atoms with E-state index >= 15 is 0 Å². The van der Waals surface area contributed by atoms with Gasteiger partial charge in [-0.05, 0) is 77.9 Å². The minimum atomic E-state index is -3.77. The first-order valence-electron chi connectivity index (χ1n) is 10.6. The molecule has 0 aliphatic carbocycles. The molecule has 0 spiro atoms. The molecule has 2 rings (SSSR count). The number of unbranched alkanes of at least 4 members (excludes halogenated alkanes) is 1. The maximum absolute atomic E-state index is 13.4. The van der Waals surface area contributed by atoms with Crippen LogP contribution in [0.25, 0.3) is 0 Å². The van der Waals surface area contributed by atoms with Crippen LogP contribution < -0.4 is 9.62 Å². The summed E-state index contributed by atoms with van der Waals surface area (Å²) in [5.74, 6) is -1.29. The second-order valence-corrected chi connectivity index (χ2v) is 10.9. The lowest BCUT2D eigenvalue weighted by Crippen LogP contribution is -2.51. The van der Waals surface area contributed by atoms with E-state index in [4.69, 9.17) is 0 Å². The highest BCUT2D eigenvalue weighted by atomic mass is 127. The summed E-state index contributed by atoms with van der Waals surface area (Å²) < 4.78 is 40.2. The molecule has 2 aromatic rings. The molecule has 2 aromatic carbocycles. The average Bonchev–Trinajstić information content (AvgIpc) is 2.76. The SMILES string of the molecule is CCCCNC(=O)C(C)N(Cc1ccc(F)cc1)C(=O)CN(c1ccc(I)cc1)S(C)(=O)=O. The van der Waals surface area contributed by atoms with Gasteiger partial charge in [-0.2, -0.15) is 0 Å². The summed E-state index contributed by atoms with van der Waals surface area (Å²) in [5.41, 5.74) is 0.978. The van der Waals surface area contributed by atoms with Gasteiger partial charge in [0.15, 0.2) is 0 Å². The molecule has 0 bridgehead atoms. The summed E-state index contributed by atoms with van der Waals surface area (Å²) in [5, 5.41) is 2.81. The lowest BCUT2D eigenvalue weighted by molar-refractivity contribution is -0.139. The fraction of sp³-hybridized carbons (Fsp3) is 0.391. The molecule has 1 atom stereocenters. The fourth-order valence-corrected chi connectivity index (χ4v) is 4.34. The van der Waals surface area contributed by atoms with Crippen LogP contribution >= 0.6 is 22.6 Å². The van der Waals surface area contributed by atoms with Gasteiger partial charge in [-0.15, -0.1) is 0 Å². The summed E-state index contributed by atoms with van der Waals surface area (Å²) in [6.45, 7) is 3.65. The maximum atomic E-state index is 13.4. The summed E-state index contributed by atoms with van der Waals surface area (Å²) in [6, 6.07) is 11.5. The number of sulfonamides is 1. The number of nitrogens with zero attached hydrogens (tertiary/aromatic N) is 2. The third kappa shape index (κ3) is 8.26. The predicted octanol–water partition coefficient (Wildman–Crippen LogP) is 3.53. The van der Waals surface area contributed by atoms with Crippen LogP contribution in [0.5, 0.6) is 0 Å². The van der Waals surface area contributed by atoms with Crippen molar-refractivity contribution in [3.05, 3.63) is 63.5 Å². The molecule has 0 fully saturated rings. The van der Waals surface area contributed by atoms with E-state index < -0.39 is 34.3 Å². The number of rotatable bonds is 11. The molecule has 1 unspecified atom stereocenters. The molecule has 7 nitrogen and oxygen atoms in total. The van der Waals surface area contributed by atoms with Crippen LogP contribution in [0.15, 0.2) is 48.5 Å². The standard InChI is InChI=1S/C23H29FIN3O4S/c1-4-5-14-26-23(30)17(2)27(15-18-6-8-19(24)9-7-18)22(29)16-28(33(3,31)32)21-12-10-20(25)11-13-21/h6-13,17H,4-5,14-16H2,1-3H3,(H,26,30). The number of hydrogen-bond acceptors (Lipinski definition) is 4. The Hall–Kier alpha value is -2.21. The van der Waals surface area contributed by atoms with E-state index in [1.54, 1.807) is 31.2 Å². The highest BCUT2D eigenvalue weighted by molar-refractivity contribution is 14.1. The van der Waals surface area contributed by atoms with E-state index in [-0.39, 0.29) is 12.5 Å². The van der Waals surface area contributed by atoms with Gasteiger partial charge in [0, 0.05) is 16.7 Å². The van der Waals surface area contributed by atoms with Crippen LogP contribution in [0, 0.1) is 9.39 Å². The predicted molar refractivity (Wildman–Crippen MR) is 136 cm³/mol. The van der Waals surface area contributed by atoms with E-state index in [0.29, 0.717) is 17.8 Å². The molecule has 0 aliphatic heterocycles. The van der Waals surface area contributed by atoms with Crippen molar-refractivity contribution in [2.24, 2.45) is 0 Å². The molecule has 0 heterocycles. The minimum Gasteiger partial charge on any atom is -0.354 e. The molecule has 2 amide bonds. The van der Waals surface area contributed by atoms with Crippen molar-refractivity contribution in [3.8, 4) is 0 Å². The minimum absolute atomic E-state index is 0.0335. The molecule has 33 heavy (non-hydrogen) atoms. The van der Waals surface area contributed by atoms with Gasteiger partial charge in [0.1, 0.15) is 18.4 Å². The molecule has 180 valence electrons. The highest BCUT2D eigenvalue weighted by Crippen LogP contribution is 2.20. The molecule has 0 aliphatic rings. The largest absolute Gasteiger partial charge is 0.354 e. The number of anilines is 1. The molecule has 0 saturated carbocycles. The van der Waals surface area contributed by atoms with Crippen LogP contribution in [0.1, 0.15) is 32.3 Å². The number of carbonyl (C=O) groups is 2. The summed E-state index contributed by atoms with van der Waals surface area (Å²) in [4.78, 5) is 27.4. The first-order chi connectivity index (χ1) is 15.5. The monoisotopic (exact) mass is 589 g/mol. The summed E-state index contributed by atoms with van der Waals surface area (Å²) >= 11 is 2.11. The highest BCUT2D eigenvalue weighted by Gasteiger charge is 2.30. The molecule has 0 radical (unpaired) electrons. The van der Waals surface area contributed by atoms with Gasteiger partial charge in [0.25, 0.3) is 0 Å². The van der Waals surface area contributed by atoms with Crippen molar-refractivity contribution >= 4 is 50.1 Å². The Kier molecular flexibility index (Phi) is 10.1. The third-order valence-corrected chi connectivity index (χ3v) is 6.92. The van der Waals surface area contributed by atoms with E-state index in [1.807, 2.05) is 6.92 Å². The van der Waals surface area contributed by atoms with Crippen molar-refractivity contribution in [2.45, 2.75) is 39.3 Å². The Morgan fingerprint density at radius 3 is 2.24 bits per heavy atom. The number of nitrogens with one attached hydrogen (secondary N) is 1. The van der Waals surface area contributed by atoms with Crippen molar-refractivity contribution in [2.75, 3.05) is 23.7 Å². The average molecular weight is 589 g/mol. The normalized spacial score (nSPS) is 12.2. The van der Waals surface area contributed by atoms with Crippen LogP contribution in [0.3, 0.4) is 0 Å². The van der Waals surface area contributed by atoms with Gasteiger partial charge >= 0.3 is 0 Å². The first kappa shape index (κ1) is 27.0. The number of carbonyl (C=O) groups excluding carboxylic acids is 2. The molecule has 1 N–H and O–H groups in total. The summed E-state index contributed by atoms with van der Waals surface area (Å²) in [6.07, 6.45) is 2.74. The summed E-state index contributed by atoms with van der Waals surface area (Å²) in [7, 11) is -3.77. The molecular formula is C23H29FIN3O4S. The quantitative estimate of drug-likeness (QED) is 0.321. The Labute approximate surface area is 208 Å². The Balaban J connectivity index is 2.32. The first-order valence-corrected chi connectivity index (χ1v) is 13.5. The Morgan fingerprint density at radius 2 is 1.70 bits per heavy atom. The van der Waals surface area contributed by atoms with Gasteiger partial charge in [-0.3, -0.25) is 13.9 Å². The molecule has 0 saturated heterocycles. The van der Waals surface area contributed by atoms with Gasteiger partial charge < -0.3 is 10.2 Å². The second kappa shape index (κ2) is 12.3. The van der Waals surface area contributed by atoms with Crippen LogP contribution in [0.2, 0.25) is 0 Å². The number of benzene rings is 2. The number of amides is 2. The van der Waals surface area contributed by atoms with E-state index in [1.165, 1.54) is 29.2 Å². The van der Waals surface area contributed by atoms with Crippen molar-refractivity contribution in [1.29, 1.82) is 0 Å². The maximum Gasteiger partial charge on any atom is 0.244 e. The zero-order valence-electron chi connectivity index (χ0n) is 18.9. The Morgan fingerprint density at radius 1 is 1.09 bits per heavy atom. The number of halogens is 2. The lowest BCUT2D eigenvalue weighted by Gasteiger charge is -2.31. The molecule has 0 aromatic heterocycles. The van der Waals surface area contributed by atoms with Crippen molar-refractivity contribution in [1.82, 2.24) is 10.2 Å². The third-order valence-electron chi connectivity index (χ3n) is 5.06. The van der Waals surface area contributed by atoms with Crippen LogP contribution in [-0.2, 0) is 26.2 Å². The van der Waals surface area contributed by atoms with E-state index in [2.05, 4.69) is 27.9 Å². The van der Waals surface area contributed by atoms with Crippen LogP contribution in [-0.4, -0.2) is 50.5 Å². The smallest absolute Gasteiger partial charge is 0.244 e. The van der Waals surface area contributed by atoms with Gasteiger partial charge in [-0.1, -0.05) is 25.5 Å². The number of hydrogen-bond donors (Lipinski definition) is 1. The van der Waals surface area contributed by atoms with Gasteiger partial charge in [0.05, 0.1) is 11.9 Å². The molecule has 10 heteroatoms. The fourth-order valence-electron chi connectivity index (χ4n) is 3.13.